The van der Waals surface area contributed by atoms with Gasteiger partial charge in [-0.1, -0.05) is 156 Å². The summed E-state index contributed by atoms with van der Waals surface area (Å²) in [4.78, 5) is 8.24. The van der Waals surface area contributed by atoms with Gasteiger partial charge in [-0.3, -0.25) is 4.99 Å². The fourth-order valence-electron chi connectivity index (χ4n) is 6.63. The number of aliphatic imine (C=N–C) groups is 1. The van der Waals surface area contributed by atoms with Crippen LogP contribution in [0.1, 0.15) is 172 Å². The van der Waals surface area contributed by atoms with Crippen molar-refractivity contribution < 1.29 is 9.47 Å². The first-order valence-electron chi connectivity index (χ1n) is 21.7. The first kappa shape index (κ1) is 53.5. The summed E-state index contributed by atoms with van der Waals surface area (Å²) in [5, 5.41) is 1.43. The second kappa shape index (κ2) is 28.0. The highest BCUT2D eigenvalue weighted by molar-refractivity contribution is 6.30. The average molecular weight is 814 g/mol. The second-order valence-corrected chi connectivity index (χ2v) is 16.7. The number of halogens is 2. The third-order valence-electron chi connectivity index (χ3n) is 9.73. The van der Waals surface area contributed by atoms with Gasteiger partial charge in [0.05, 0.1) is 12.1 Å². The predicted octanol–water partition coefficient (Wildman–Crippen LogP) is 16.5. The van der Waals surface area contributed by atoms with Gasteiger partial charge in [0.1, 0.15) is 17.3 Å². The molecule has 0 aromatic heterocycles. The summed E-state index contributed by atoms with van der Waals surface area (Å²) in [5.74, 6) is 2.06. The van der Waals surface area contributed by atoms with E-state index in [-0.39, 0.29) is 30.1 Å². The monoisotopic (exact) mass is 813 g/mol. The molecule has 0 saturated carbocycles. The summed E-state index contributed by atoms with van der Waals surface area (Å²) in [6.45, 7) is 40.1. The minimum absolute atomic E-state index is 0.0261. The molecule has 0 bridgehead atoms. The van der Waals surface area contributed by atoms with Crippen molar-refractivity contribution in [3.05, 3.63) is 105 Å². The van der Waals surface area contributed by atoms with Crippen molar-refractivity contribution >= 4 is 28.9 Å². The van der Waals surface area contributed by atoms with E-state index in [2.05, 4.69) is 139 Å². The topological polar surface area (TPSA) is 34.1 Å². The molecule has 0 spiro atoms. The Morgan fingerprint density at radius 3 is 1.66 bits per heavy atom. The number of hydrogen-bond donors (Lipinski definition) is 0. The van der Waals surface area contributed by atoms with Crippen molar-refractivity contribution in [3.8, 4) is 0 Å². The van der Waals surface area contributed by atoms with Crippen molar-refractivity contribution in [3.63, 3.8) is 0 Å². The molecule has 318 valence electrons. The molecule has 2 aromatic rings. The van der Waals surface area contributed by atoms with Crippen LogP contribution in [0.4, 0.5) is 0 Å². The lowest BCUT2D eigenvalue weighted by atomic mass is 9.68. The Morgan fingerprint density at radius 2 is 1.29 bits per heavy atom. The summed E-state index contributed by atoms with van der Waals surface area (Å²) in [7, 11) is 1.80. The molecule has 6 heteroatoms. The Hall–Kier alpha value is -2.53. The lowest BCUT2D eigenvalue weighted by molar-refractivity contribution is 0.0852. The highest BCUT2D eigenvalue weighted by Crippen LogP contribution is 2.51. The van der Waals surface area contributed by atoms with E-state index < -0.39 is 5.41 Å². The molecule has 1 aliphatic carbocycles. The van der Waals surface area contributed by atoms with Crippen LogP contribution in [0.25, 0.3) is 0 Å². The first-order valence-corrected chi connectivity index (χ1v) is 22.4. The van der Waals surface area contributed by atoms with E-state index >= 15 is 0 Å². The second-order valence-electron chi connectivity index (χ2n) is 15.9. The maximum atomic E-state index is 6.81. The normalized spacial score (nSPS) is 18.3. The van der Waals surface area contributed by atoms with Crippen molar-refractivity contribution in [2.24, 2.45) is 22.2 Å². The van der Waals surface area contributed by atoms with Crippen molar-refractivity contribution in [1.82, 2.24) is 4.90 Å². The molecule has 0 fully saturated rings. The van der Waals surface area contributed by atoms with Gasteiger partial charge in [0.25, 0.3) is 0 Å². The molecule has 0 aliphatic heterocycles. The zero-order chi connectivity index (χ0) is 43.2. The van der Waals surface area contributed by atoms with E-state index in [1.165, 1.54) is 29.7 Å². The number of rotatable bonds is 17. The Labute approximate surface area is 356 Å². The number of benzene rings is 2. The highest BCUT2D eigenvalue weighted by Gasteiger charge is 2.49. The number of nitrogens with zero attached hydrogens (tertiary/aromatic N) is 2. The van der Waals surface area contributed by atoms with Gasteiger partial charge < -0.3 is 14.4 Å². The largest absolute Gasteiger partial charge is 0.494 e. The van der Waals surface area contributed by atoms with Gasteiger partial charge in [0, 0.05) is 46.7 Å². The van der Waals surface area contributed by atoms with Crippen molar-refractivity contribution in [1.29, 1.82) is 0 Å². The molecule has 0 N–H and O–H groups in total. The average Bonchev–Trinajstić information content (AvgIpc) is 3.16. The number of allylic oxidation sites excluding steroid dienone is 1. The summed E-state index contributed by atoms with van der Waals surface area (Å²) < 4.78 is 13.0. The van der Waals surface area contributed by atoms with Crippen LogP contribution in [0.3, 0.4) is 0 Å². The van der Waals surface area contributed by atoms with Gasteiger partial charge in [0.2, 0.25) is 0 Å². The molecule has 0 radical (unpaired) electrons. The predicted molar refractivity (Wildman–Crippen MR) is 250 cm³/mol. The van der Waals surface area contributed by atoms with E-state index in [0.717, 1.165) is 65.9 Å². The Morgan fingerprint density at radius 1 is 0.804 bits per heavy atom. The molecular weight excluding hydrogens is 731 g/mol. The fraction of sp³-hybridized carbons (Fsp3) is 0.620. The summed E-state index contributed by atoms with van der Waals surface area (Å²) in [5.41, 5.74) is 6.20. The minimum atomic E-state index is -0.660. The summed E-state index contributed by atoms with van der Waals surface area (Å²) >= 11 is 12.7. The van der Waals surface area contributed by atoms with Crippen LogP contribution in [0, 0.1) is 17.3 Å². The summed E-state index contributed by atoms with van der Waals surface area (Å²) in [6, 6.07) is 16.1. The Kier molecular flexibility index (Phi) is 26.7. The molecule has 1 aliphatic rings. The van der Waals surface area contributed by atoms with Gasteiger partial charge >= 0.3 is 0 Å². The zero-order valence-electron chi connectivity index (χ0n) is 38.8. The van der Waals surface area contributed by atoms with Crippen LogP contribution >= 0.6 is 23.2 Å². The Bertz CT molecular complexity index is 1470. The van der Waals surface area contributed by atoms with E-state index in [1.54, 1.807) is 7.11 Å². The molecule has 3 rings (SSSR count). The van der Waals surface area contributed by atoms with Crippen LogP contribution < -0.4 is 0 Å². The smallest absolute Gasteiger partial charge is 0.113 e. The van der Waals surface area contributed by atoms with Gasteiger partial charge in [-0.25, -0.2) is 0 Å². The third-order valence-corrected chi connectivity index (χ3v) is 10.2. The van der Waals surface area contributed by atoms with Gasteiger partial charge in [-0.05, 0) is 106 Å². The standard InChI is InChI=1S/C40H56Cl2N2O2.2C4H10.C2H6/c1-12-15-35(43-38(31-18-22-33(42)23-19-31)29(9)30-16-20-32(41)21-17-30)40(10)36(46-27(6)7)25-34(45-11)37(28(8)14-3)39(40)44(24-13-2)26(4)5;1-4(2)3;1-3-4-2;1-2/h16-23,25,27-29,34,38H,4,12-15,24H2,1-3,5-11H3;4H,1-3H3;3-4H2,1-2H3;1-2H3. The maximum Gasteiger partial charge on any atom is 0.113 e. The highest BCUT2D eigenvalue weighted by atomic mass is 35.5. The molecule has 5 unspecified atom stereocenters. The van der Waals surface area contributed by atoms with Crippen molar-refractivity contribution in [2.45, 2.75) is 173 Å². The van der Waals surface area contributed by atoms with Crippen LogP contribution in [-0.4, -0.2) is 36.5 Å². The third kappa shape index (κ3) is 16.0. The van der Waals surface area contributed by atoms with Crippen LogP contribution in [0.2, 0.25) is 10.0 Å². The SMILES string of the molecule is C=C(C)N(CCC)C1=C(C(C)CC)C(OC)C=C(OC(C)C)C1(C)C(CCC)=NC(c1ccc(Cl)cc1)C(C)c1ccc(Cl)cc1.CC.CC(C)C.CCCC. The van der Waals surface area contributed by atoms with Crippen molar-refractivity contribution in [2.75, 3.05) is 13.7 Å². The van der Waals surface area contributed by atoms with E-state index in [4.69, 9.17) is 37.7 Å². The number of ether oxygens (including phenoxy) is 2. The molecule has 56 heavy (non-hydrogen) atoms. The number of hydrogen-bond acceptors (Lipinski definition) is 4. The molecule has 0 saturated heterocycles. The molecule has 0 heterocycles. The molecular formula is C50H82Cl2N2O2. The van der Waals surface area contributed by atoms with E-state index in [0.29, 0.717) is 5.02 Å². The maximum absolute atomic E-state index is 6.81. The lowest BCUT2D eigenvalue weighted by Gasteiger charge is -2.48. The molecule has 5 atom stereocenters. The zero-order valence-corrected chi connectivity index (χ0v) is 40.3. The Balaban J connectivity index is 0.00000271. The molecule has 0 amide bonds. The van der Waals surface area contributed by atoms with Crippen LogP contribution in [-0.2, 0) is 9.47 Å². The summed E-state index contributed by atoms with van der Waals surface area (Å²) in [6.07, 6.45) is 8.31. The van der Waals surface area contributed by atoms with Gasteiger partial charge in [-0.2, -0.15) is 0 Å². The first-order chi connectivity index (χ1) is 26.5. The van der Waals surface area contributed by atoms with Gasteiger partial charge in [-0.15, -0.1) is 0 Å². The van der Waals surface area contributed by atoms with Crippen LogP contribution in [0.15, 0.2) is 88.9 Å². The lowest BCUT2D eigenvalue weighted by Crippen LogP contribution is -2.47. The van der Waals surface area contributed by atoms with E-state index in [9.17, 15) is 0 Å². The molecule has 4 nitrogen and oxygen atoms in total. The minimum Gasteiger partial charge on any atom is -0.494 e. The fourth-order valence-corrected chi connectivity index (χ4v) is 6.88. The number of methoxy groups -OCH3 is 1. The molecule has 2 aromatic carbocycles. The van der Waals surface area contributed by atoms with Gasteiger partial charge in [0.15, 0.2) is 0 Å². The number of unbranched alkanes of at least 4 members (excludes halogenated alkanes) is 1. The van der Waals surface area contributed by atoms with Crippen LogP contribution in [0.5, 0.6) is 0 Å². The van der Waals surface area contributed by atoms with E-state index in [1.807, 2.05) is 38.1 Å². The quantitative estimate of drug-likeness (QED) is 0.149.